The highest BCUT2D eigenvalue weighted by molar-refractivity contribution is 5.90. The van der Waals surface area contributed by atoms with Gasteiger partial charge in [0.1, 0.15) is 17.1 Å². The van der Waals surface area contributed by atoms with Crippen molar-refractivity contribution >= 4 is 11.9 Å². The van der Waals surface area contributed by atoms with Crippen LogP contribution in [-0.4, -0.2) is 35.4 Å². The number of aryl methyl sites for hydroxylation is 5. The zero-order valence-electron chi connectivity index (χ0n) is 31.9. The largest absolute Gasteiger partial charge is 0.493 e. The molecule has 0 bridgehead atoms. The maximum Gasteiger partial charge on any atom is 0.339 e. The third-order valence-corrected chi connectivity index (χ3v) is 7.88. The molecular weight excluding hydrogens is 636 g/mol. The fraction of sp³-hybridized carbons (Fsp3) is 0.378. The summed E-state index contributed by atoms with van der Waals surface area (Å²) in [6, 6.07) is 28.5. The van der Waals surface area contributed by atoms with Gasteiger partial charge in [-0.05, 0) is 106 Å². The van der Waals surface area contributed by atoms with E-state index >= 15 is 0 Å². The van der Waals surface area contributed by atoms with Crippen molar-refractivity contribution < 1.29 is 29.3 Å². The summed E-state index contributed by atoms with van der Waals surface area (Å²) < 4.78 is 11.1. The van der Waals surface area contributed by atoms with E-state index in [1.165, 1.54) is 42.4 Å². The SMILES string of the molecule is C=CCCCCCCCCOc1ccccc1C(=O)O.Cc1ccc(C(=O)O)c(C)c1.Cc1ccccc1C.Cc1ccccc1OCC(C)C. The lowest BCUT2D eigenvalue weighted by Crippen LogP contribution is -2.05. The number of aromatic carboxylic acids is 2. The van der Waals surface area contributed by atoms with E-state index in [2.05, 4.69) is 71.5 Å². The van der Waals surface area contributed by atoms with Gasteiger partial charge in [-0.25, -0.2) is 9.59 Å². The van der Waals surface area contributed by atoms with E-state index in [0.29, 0.717) is 23.8 Å². The van der Waals surface area contributed by atoms with E-state index in [1.54, 1.807) is 43.3 Å². The molecule has 6 nitrogen and oxygen atoms in total. The second-order valence-corrected chi connectivity index (χ2v) is 13.0. The number of hydrogen-bond donors (Lipinski definition) is 2. The maximum absolute atomic E-state index is 11.0. The number of carboxylic acid groups (broad SMARTS) is 2. The highest BCUT2D eigenvalue weighted by atomic mass is 16.5. The number of para-hydroxylation sites is 2. The zero-order valence-corrected chi connectivity index (χ0v) is 31.9. The van der Waals surface area contributed by atoms with Gasteiger partial charge in [0.15, 0.2) is 0 Å². The summed E-state index contributed by atoms with van der Waals surface area (Å²) in [5.41, 5.74) is 6.47. The second-order valence-electron chi connectivity index (χ2n) is 13.0. The van der Waals surface area contributed by atoms with E-state index in [4.69, 9.17) is 19.7 Å². The Hall–Kier alpha value is -4.84. The lowest BCUT2D eigenvalue weighted by atomic mass is 10.1. The first-order valence-corrected chi connectivity index (χ1v) is 17.9. The molecule has 0 heterocycles. The quantitative estimate of drug-likeness (QED) is 0.0949. The van der Waals surface area contributed by atoms with Crippen molar-refractivity contribution in [1.82, 2.24) is 0 Å². The number of rotatable bonds is 15. The van der Waals surface area contributed by atoms with Gasteiger partial charge in [0, 0.05) is 0 Å². The normalized spacial score (nSPS) is 9.96. The molecule has 6 heteroatoms. The molecule has 4 aromatic carbocycles. The Labute approximate surface area is 307 Å². The minimum absolute atomic E-state index is 0.233. The van der Waals surface area contributed by atoms with Crippen LogP contribution in [0.4, 0.5) is 0 Å². The minimum Gasteiger partial charge on any atom is -0.493 e. The average molecular weight is 697 g/mol. The van der Waals surface area contributed by atoms with E-state index in [1.807, 2.05) is 37.3 Å². The fourth-order valence-corrected chi connectivity index (χ4v) is 4.74. The molecule has 0 saturated heterocycles. The van der Waals surface area contributed by atoms with Gasteiger partial charge in [-0.1, -0.05) is 118 Å². The number of carboxylic acids is 2. The Morgan fingerprint density at radius 1 is 0.608 bits per heavy atom. The standard InChI is InChI=1S/C17H24O3.C11H16O.C9H10O2.C8H10/c1-2-3-4-5-6-7-8-11-14-20-16-13-10-9-12-15(16)17(18)19;1-9(2)8-12-11-7-5-4-6-10(11)3;1-6-3-4-8(9(10)11)7(2)5-6;1-7-5-3-4-6-8(7)2/h2,9-10,12-13H,1,3-8,11,14H2,(H,18,19);4-7,9H,8H2,1-3H3;3-5H,1-2H3,(H,10,11);3-6H,1-2H3. The summed E-state index contributed by atoms with van der Waals surface area (Å²) in [6.07, 6.45) is 10.1. The Kier molecular flexibility index (Phi) is 22.6. The summed E-state index contributed by atoms with van der Waals surface area (Å²) >= 11 is 0. The molecule has 4 rings (SSSR count). The summed E-state index contributed by atoms with van der Waals surface area (Å²) in [5.74, 6) is 0.257. The molecule has 0 saturated carbocycles. The molecular formula is C45H60O6. The molecule has 0 aliphatic heterocycles. The molecule has 0 fully saturated rings. The lowest BCUT2D eigenvalue weighted by Gasteiger charge is -2.10. The topological polar surface area (TPSA) is 93.1 Å². The smallest absolute Gasteiger partial charge is 0.339 e. The van der Waals surface area contributed by atoms with Crippen LogP contribution in [0, 0.1) is 40.5 Å². The molecule has 0 aliphatic carbocycles. The van der Waals surface area contributed by atoms with Gasteiger partial charge in [0.25, 0.3) is 0 Å². The van der Waals surface area contributed by atoms with Gasteiger partial charge in [-0.3, -0.25) is 0 Å². The predicted molar refractivity (Wildman–Crippen MR) is 212 cm³/mol. The third kappa shape index (κ3) is 19.8. The van der Waals surface area contributed by atoms with Gasteiger partial charge >= 0.3 is 11.9 Å². The summed E-state index contributed by atoms with van der Waals surface area (Å²) in [4.78, 5) is 21.5. The third-order valence-electron chi connectivity index (χ3n) is 7.88. The highest BCUT2D eigenvalue weighted by Crippen LogP contribution is 2.19. The van der Waals surface area contributed by atoms with Gasteiger partial charge in [0.2, 0.25) is 0 Å². The number of benzene rings is 4. The van der Waals surface area contributed by atoms with E-state index in [0.717, 1.165) is 42.7 Å². The van der Waals surface area contributed by atoms with Crippen LogP contribution >= 0.6 is 0 Å². The van der Waals surface area contributed by atoms with Crippen molar-refractivity contribution in [2.75, 3.05) is 13.2 Å². The van der Waals surface area contributed by atoms with Crippen molar-refractivity contribution in [3.05, 3.63) is 143 Å². The molecule has 4 aromatic rings. The monoisotopic (exact) mass is 696 g/mol. The van der Waals surface area contributed by atoms with E-state index < -0.39 is 11.9 Å². The van der Waals surface area contributed by atoms with Crippen LogP contribution in [0.15, 0.2) is 104 Å². The Bertz CT molecular complexity index is 1570. The molecule has 0 spiro atoms. The lowest BCUT2D eigenvalue weighted by molar-refractivity contribution is 0.0683. The molecule has 2 N–H and O–H groups in total. The molecule has 0 amide bonds. The zero-order chi connectivity index (χ0) is 38.0. The number of unbranched alkanes of at least 4 members (excludes halogenated alkanes) is 6. The molecule has 0 aliphatic rings. The van der Waals surface area contributed by atoms with E-state index in [9.17, 15) is 9.59 Å². The Morgan fingerprint density at radius 3 is 1.63 bits per heavy atom. The first-order chi connectivity index (χ1) is 24.4. The van der Waals surface area contributed by atoms with Crippen molar-refractivity contribution in [3.8, 4) is 11.5 Å². The predicted octanol–water partition coefficient (Wildman–Crippen LogP) is 12.0. The van der Waals surface area contributed by atoms with Crippen LogP contribution in [0.3, 0.4) is 0 Å². The first kappa shape index (κ1) is 44.2. The van der Waals surface area contributed by atoms with Gasteiger partial charge in [-0.15, -0.1) is 6.58 Å². The summed E-state index contributed by atoms with van der Waals surface area (Å²) in [5, 5.41) is 17.7. The van der Waals surface area contributed by atoms with Crippen molar-refractivity contribution in [1.29, 1.82) is 0 Å². The maximum atomic E-state index is 11.0. The number of carbonyl (C=O) groups is 2. The first-order valence-electron chi connectivity index (χ1n) is 17.9. The van der Waals surface area contributed by atoms with Crippen LogP contribution < -0.4 is 9.47 Å². The van der Waals surface area contributed by atoms with Crippen LogP contribution in [0.1, 0.15) is 107 Å². The summed E-state index contributed by atoms with van der Waals surface area (Å²) in [7, 11) is 0. The van der Waals surface area contributed by atoms with Gasteiger partial charge in [0.05, 0.1) is 18.8 Å². The van der Waals surface area contributed by atoms with Crippen molar-refractivity contribution in [3.63, 3.8) is 0 Å². The molecule has 51 heavy (non-hydrogen) atoms. The van der Waals surface area contributed by atoms with Crippen LogP contribution in [-0.2, 0) is 0 Å². The fourth-order valence-electron chi connectivity index (χ4n) is 4.74. The minimum atomic E-state index is -0.942. The highest BCUT2D eigenvalue weighted by Gasteiger charge is 2.09. The van der Waals surface area contributed by atoms with Crippen LogP contribution in [0.5, 0.6) is 11.5 Å². The Balaban J connectivity index is 0.000000361. The molecule has 0 radical (unpaired) electrons. The summed E-state index contributed by atoms with van der Waals surface area (Å²) in [6.45, 7) is 19.4. The van der Waals surface area contributed by atoms with Crippen LogP contribution in [0.25, 0.3) is 0 Å². The van der Waals surface area contributed by atoms with Gasteiger partial charge < -0.3 is 19.7 Å². The number of hydrogen-bond acceptors (Lipinski definition) is 4. The second kappa shape index (κ2) is 26.0. The van der Waals surface area contributed by atoms with E-state index in [-0.39, 0.29) is 5.56 Å². The molecule has 276 valence electrons. The molecule has 0 unspecified atom stereocenters. The Morgan fingerprint density at radius 2 is 1.12 bits per heavy atom. The molecule has 0 aromatic heterocycles. The average Bonchev–Trinajstić information content (AvgIpc) is 3.09. The van der Waals surface area contributed by atoms with Crippen molar-refractivity contribution in [2.45, 2.75) is 93.4 Å². The molecule has 0 atom stereocenters. The van der Waals surface area contributed by atoms with Gasteiger partial charge in [-0.2, -0.15) is 0 Å². The number of ether oxygens (including phenoxy) is 2. The van der Waals surface area contributed by atoms with Crippen molar-refractivity contribution in [2.24, 2.45) is 5.92 Å². The number of allylic oxidation sites excluding steroid dienone is 1. The van der Waals surface area contributed by atoms with Crippen LogP contribution in [0.2, 0.25) is 0 Å².